The van der Waals surface area contributed by atoms with Gasteiger partial charge in [-0.15, -0.1) is 0 Å². The Balaban J connectivity index is 0.000000136. The molecule has 0 bridgehead atoms. The molecule has 0 N–H and O–H groups in total. The molecular formula is C19H38N4. The lowest BCUT2D eigenvalue weighted by Gasteiger charge is -2.38. The van der Waals surface area contributed by atoms with Crippen molar-refractivity contribution in [3.63, 3.8) is 0 Å². The van der Waals surface area contributed by atoms with Crippen molar-refractivity contribution < 1.29 is 0 Å². The molecule has 4 aliphatic heterocycles. The number of likely N-dealkylation sites (tertiary alicyclic amines) is 4. The van der Waals surface area contributed by atoms with E-state index in [1.54, 1.807) is 0 Å². The number of hydrogen-bond acceptors (Lipinski definition) is 4. The van der Waals surface area contributed by atoms with Crippen LogP contribution in [0.1, 0.15) is 32.1 Å². The molecule has 0 aliphatic carbocycles. The summed E-state index contributed by atoms with van der Waals surface area (Å²) in [6.07, 6.45) is 7.14. The van der Waals surface area contributed by atoms with Crippen molar-refractivity contribution in [2.45, 2.75) is 32.1 Å². The van der Waals surface area contributed by atoms with Crippen LogP contribution in [-0.2, 0) is 0 Å². The van der Waals surface area contributed by atoms with E-state index in [4.69, 9.17) is 0 Å². The Morgan fingerprint density at radius 1 is 0.478 bits per heavy atom. The lowest BCUT2D eigenvalue weighted by atomic mass is 9.79. The van der Waals surface area contributed by atoms with Crippen LogP contribution in [0.4, 0.5) is 0 Å². The molecule has 0 radical (unpaired) electrons. The lowest BCUT2D eigenvalue weighted by molar-refractivity contribution is 0.117. The Kier molecular flexibility index (Phi) is 5.37. The zero-order chi connectivity index (χ0) is 16.5. The minimum Gasteiger partial charge on any atom is -0.306 e. The van der Waals surface area contributed by atoms with Gasteiger partial charge in [-0.3, -0.25) is 0 Å². The standard InChI is InChI=1S/C10H20N2.C9H18N2/c1-11-6-3-4-10(8-11)5-7-12(2)9-10;1-10-5-3-9(7-10)4-6-11(2)8-9/h3-9H2,1-2H3;3-8H2,1-2H3. The highest BCUT2D eigenvalue weighted by Gasteiger charge is 2.41. The maximum Gasteiger partial charge on any atom is 0.00481 e. The first kappa shape index (κ1) is 17.7. The molecule has 1 atom stereocenters. The van der Waals surface area contributed by atoms with E-state index in [0.717, 1.165) is 0 Å². The van der Waals surface area contributed by atoms with Crippen molar-refractivity contribution in [2.75, 3.05) is 80.5 Å². The van der Waals surface area contributed by atoms with E-state index < -0.39 is 0 Å². The predicted octanol–water partition coefficient (Wildman–Crippen LogP) is 1.68. The molecule has 4 rings (SSSR count). The number of nitrogens with zero attached hydrogens (tertiary/aromatic N) is 4. The summed E-state index contributed by atoms with van der Waals surface area (Å²) in [7, 11) is 9.00. The van der Waals surface area contributed by atoms with Crippen molar-refractivity contribution in [3.05, 3.63) is 0 Å². The topological polar surface area (TPSA) is 13.0 Å². The Bertz CT molecular complexity index is 377. The van der Waals surface area contributed by atoms with Crippen molar-refractivity contribution in [3.8, 4) is 0 Å². The Morgan fingerprint density at radius 2 is 0.826 bits per heavy atom. The lowest BCUT2D eigenvalue weighted by Crippen LogP contribution is -2.42. The normalized spacial score (nSPS) is 36.0. The summed E-state index contributed by atoms with van der Waals surface area (Å²) in [6.45, 7) is 10.6. The third kappa shape index (κ3) is 4.28. The fourth-order valence-electron chi connectivity index (χ4n) is 5.60. The maximum atomic E-state index is 2.50. The molecule has 0 aromatic heterocycles. The Morgan fingerprint density at radius 3 is 1.13 bits per heavy atom. The first-order valence-electron chi connectivity index (χ1n) is 9.65. The minimum absolute atomic E-state index is 0.668. The Hall–Kier alpha value is -0.160. The molecule has 23 heavy (non-hydrogen) atoms. The quantitative estimate of drug-likeness (QED) is 0.673. The van der Waals surface area contributed by atoms with Crippen LogP contribution in [-0.4, -0.2) is 100 Å². The molecule has 2 spiro atoms. The van der Waals surface area contributed by atoms with Gasteiger partial charge < -0.3 is 19.6 Å². The van der Waals surface area contributed by atoms with Crippen molar-refractivity contribution >= 4 is 0 Å². The van der Waals surface area contributed by atoms with E-state index in [-0.39, 0.29) is 0 Å². The molecule has 134 valence electrons. The fourth-order valence-corrected chi connectivity index (χ4v) is 5.60. The summed E-state index contributed by atoms with van der Waals surface area (Å²) >= 11 is 0. The third-order valence-corrected chi connectivity index (χ3v) is 6.74. The average Bonchev–Trinajstić information content (AvgIpc) is 3.13. The van der Waals surface area contributed by atoms with Crippen LogP contribution in [0, 0.1) is 10.8 Å². The van der Waals surface area contributed by atoms with Gasteiger partial charge in [-0.2, -0.15) is 0 Å². The van der Waals surface area contributed by atoms with Gasteiger partial charge in [0.15, 0.2) is 0 Å². The minimum atomic E-state index is 0.668. The summed E-state index contributed by atoms with van der Waals surface area (Å²) in [5.41, 5.74) is 1.35. The van der Waals surface area contributed by atoms with E-state index in [9.17, 15) is 0 Å². The highest BCUT2D eigenvalue weighted by atomic mass is 15.2. The van der Waals surface area contributed by atoms with Gasteiger partial charge in [0.05, 0.1) is 0 Å². The summed E-state index contributed by atoms with van der Waals surface area (Å²) in [6, 6.07) is 0. The maximum absolute atomic E-state index is 2.50. The highest BCUT2D eigenvalue weighted by molar-refractivity contribution is 4.95. The average molecular weight is 323 g/mol. The van der Waals surface area contributed by atoms with Crippen molar-refractivity contribution in [1.29, 1.82) is 0 Å². The van der Waals surface area contributed by atoms with Crippen LogP contribution in [0.25, 0.3) is 0 Å². The van der Waals surface area contributed by atoms with Gasteiger partial charge in [-0.1, -0.05) is 0 Å². The van der Waals surface area contributed by atoms with Crippen LogP contribution in [0.15, 0.2) is 0 Å². The molecule has 0 saturated carbocycles. The largest absolute Gasteiger partial charge is 0.306 e. The zero-order valence-corrected chi connectivity index (χ0v) is 16.0. The molecule has 1 unspecified atom stereocenters. The molecule has 4 nitrogen and oxygen atoms in total. The van der Waals surface area contributed by atoms with Crippen LogP contribution >= 0.6 is 0 Å². The monoisotopic (exact) mass is 322 g/mol. The van der Waals surface area contributed by atoms with E-state index >= 15 is 0 Å². The van der Waals surface area contributed by atoms with Gasteiger partial charge in [-0.05, 0) is 97.3 Å². The van der Waals surface area contributed by atoms with E-state index in [1.165, 1.54) is 84.5 Å². The van der Waals surface area contributed by atoms with Crippen LogP contribution in [0.3, 0.4) is 0 Å². The van der Waals surface area contributed by atoms with Gasteiger partial charge in [0.2, 0.25) is 0 Å². The number of rotatable bonds is 0. The number of hydrogen-bond donors (Lipinski definition) is 0. The molecule has 4 saturated heterocycles. The van der Waals surface area contributed by atoms with Crippen LogP contribution in [0.5, 0.6) is 0 Å². The third-order valence-electron chi connectivity index (χ3n) is 6.74. The van der Waals surface area contributed by atoms with Crippen molar-refractivity contribution in [1.82, 2.24) is 19.6 Å². The molecular weight excluding hydrogens is 284 g/mol. The van der Waals surface area contributed by atoms with Gasteiger partial charge in [0.25, 0.3) is 0 Å². The molecule has 4 aliphatic rings. The summed E-state index contributed by atoms with van der Waals surface area (Å²) in [4.78, 5) is 9.93. The first-order chi connectivity index (χ1) is 10.9. The fraction of sp³-hybridized carbons (Fsp3) is 1.00. The second-order valence-electron chi connectivity index (χ2n) is 9.30. The first-order valence-corrected chi connectivity index (χ1v) is 9.65. The zero-order valence-electron chi connectivity index (χ0n) is 16.0. The van der Waals surface area contributed by atoms with E-state index in [1.807, 2.05) is 0 Å². The molecule has 4 heterocycles. The van der Waals surface area contributed by atoms with Crippen LogP contribution < -0.4 is 0 Å². The second kappa shape index (κ2) is 6.99. The van der Waals surface area contributed by atoms with E-state index in [0.29, 0.717) is 10.8 Å². The molecule has 0 amide bonds. The Labute approximate surface area is 143 Å². The summed E-state index contributed by atoms with van der Waals surface area (Å²) < 4.78 is 0. The van der Waals surface area contributed by atoms with Crippen molar-refractivity contribution in [2.24, 2.45) is 10.8 Å². The van der Waals surface area contributed by atoms with Crippen LogP contribution in [0.2, 0.25) is 0 Å². The van der Waals surface area contributed by atoms with Gasteiger partial charge in [-0.25, -0.2) is 0 Å². The summed E-state index contributed by atoms with van der Waals surface area (Å²) in [5.74, 6) is 0. The molecule has 0 aromatic rings. The smallest absolute Gasteiger partial charge is 0.00481 e. The van der Waals surface area contributed by atoms with E-state index in [2.05, 4.69) is 47.8 Å². The molecule has 0 aromatic carbocycles. The SMILES string of the molecule is CN1CCC2(CCN(C)C2)C1.CN1CCCC2(CCN(C)C2)C1. The molecule has 4 heteroatoms. The van der Waals surface area contributed by atoms with Gasteiger partial charge in [0.1, 0.15) is 0 Å². The van der Waals surface area contributed by atoms with Gasteiger partial charge >= 0.3 is 0 Å². The van der Waals surface area contributed by atoms with Gasteiger partial charge in [0, 0.05) is 26.2 Å². The predicted molar refractivity (Wildman–Crippen MR) is 97.9 cm³/mol. The second-order valence-corrected chi connectivity index (χ2v) is 9.30. The highest BCUT2D eigenvalue weighted by Crippen LogP contribution is 2.38. The summed E-state index contributed by atoms with van der Waals surface area (Å²) in [5, 5.41) is 0. The number of piperidine rings is 1. The molecule has 4 fully saturated rings.